The second kappa shape index (κ2) is 10.9. The lowest BCUT2D eigenvalue weighted by atomic mass is 9.95. The minimum Gasteiger partial charge on any atom is -0.496 e. The fraction of sp³-hybridized carbons (Fsp3) is 0.355. The number of nitrogens with one attached hydrogen (secondary N) is 2. The highest BCUT2D eigenvalue weighted by molar-refractivity contribution is 6.51. The summed E-state index contributed by atoms with van der Waals surface area (Å²) in [6, 6.07) is 9.25. The zero-order valence-corrected chi connectivity index (χ0v) is 23.5. The number of nitrogens with zero attached hydrogens (tertiary/aromatic N) is 2. The average Bonchev–Trinajstić information content (AvgIpc) is 3.65. The second-order valence-electron chi connectivity index (χ2n) is 10.5. The number of aliphatic hydroxyl groups excluding tert-OH is 1. The molecule has 10 nitrogen and oxygen atoms in total. The molecule has 4 aromatic rings. The van der Waals surface area contributed by atoms with Crippen molar-refractivity contribution in [3.63, 3.8) is 0 Å². The van der Waals surface area contributed by atoms with Crippen molar-refractivity contribution < 1.29 is 28.9 Å². The molecule has 1 fully saturated rings. The first-order valence-corrected chi connectivity index (χ1v) is 13.8. The van der Waals surface area contributed by atoms with Crippen LogP contribution in [0.1, 0.15) is 30.4 Å². The number of ether oxygens (including phenoxy) is 3. The lowest BCUT2D eigenvalue weighted by molar-refractivity contribution is -0.122. The number of hydrogen-bond donors (Lipinski definition) is 3. The van der Waals surface area contributed by atoms with Gasteiger partial charge in [-0.1, -0.05) is 12.5 Å². The summed E-state index contributed by atoms with van der Waals surface area (Å²) in [6.45, 7) is 2.82. The molecular weight excluding hydrogens is 524 g/mol. The number of fused-ring (bicyclic) bond motifs is 2. The number of aliphatic hydroxyl groups is 1. The molecule has 2 aromatic heterocycles. The molecule has 10 heteroatoms. The number of aromatic amines is 1. The topological polar surface area (TPSA) is 118 Å². The number of amides is 2. The fourth-order valence-electron chi connectivity index (χ4n) is 6.26. The number of β-amino-alcohol motifs (C(OH)–C–C–N with tert-alkyl or cyclic N) is 1. The van der Waals surface area contributed by atoms with Gasteiger partial charge in [0.15, 0.2) is 11.5 Å². The monoisotopic (exact) mass is 558 g/mol. The number of rotatable bonds is 9. The van der Waals surface area contributed by atoms with Crippen LogP contribution in [-0.2, 0) is 16.1 Å². The zero-order chi connectivity index (χ0) is 28.7. The molecule has 0 bridgehead atoms. The van der Waals surface area contributed by atoms with Crippen LogP contribution in [0.2, 0.25) is 0 Å². The van der Waals surface area contributed by atoms with Gasteiger partial charge in [0, 0.05) is 47.5 Å². The summed E-state index contributed by atoms with van der Waals surface area (Å²) < 4.78 is 18.9. The highest BCUT2D eigenvalue weighted by Gasteiger charge is 2.36. The number of likely N-dealkylation sites (tertiary alicyclic amines) is 1. The molecule has 4 heterocycles. The maximum atomic E-state index is 13.5. The molecule has 2 amide bonds. The number of aromatic nitrogens is 2. The smallest absolute Gasteiger partial charge is 0.259 e. The maximum Gasteiger partial charge on any atom is 0.259 e. The van der Waals surface area contributed by atoms with Crippen LogP contribution >= 0.6 is 0 Å². The molecular formula is C31H34N4O6. The molecule has 6 rings (SSSR count). The minimum atomic E-state index is -0.630. The van der Waals surface area contributed by atoms with Gasteiger partial charge in [-0.15, -0.1) is 0 Å². The van der Waals surface area contributed by atoms with Crippen LogP contribution in [0.5, 0.6) is 17.2 Å². The summed E-state index contributed by atoms with van der Waals surface area (Å²) in [7, 11) is 4.67. The number of imide groups is 1. The summed E-state index contributed by atoms with van der Waals surface area (Å²) in [5.41, 5.74) is 3.07. The number of benzene rings is 2. The Bertz CT molecular complexity index is 1680. The van der Waals surface area contributed by atoms with Crippen LogP contribution in [0, 0.1) is 0 Å². The number of carbonyl (C=O) groups is 2. The van der Waals surface area contributed by atoms with Gasteiger partial charge in [-0.25, -0.2) is 0 Å². The van der Waals surface area contributed by atoms with Crippen molar-refractivity contribution >= 4 is 44.8 Å². The number of H-pyrrole nitrogens is 1. The third kappa shape index (κ3) is 4.62. The first-order valence-electron chi connectivity index (χ1n) is 13.8. The van der Waals surface area contributed by atoms with Crippen LogP contribution in [-0.4, -0.2) is 78.4 Å². The Morgan fingerprint density at radius 3 is 2.29 bits per heavy atom. The summed E-state index contributed by atoms with van der Waals surface area (Å²) in [4.78, 5) is 32.4. The van der Waals surface area contributed by atoms with Gasteiger partial charge in [-0.05, 0) is 50.2 Å². The van der Waals surface area contributed by atoms with Crippen molar-refractivity contribution in [3.05, 3.63) is 53.9 Å². The van der Waals surface area contributed by atoms with E-state index in [1.54, 1.807) is 33.6 Å². The molecule has 1 saturated heterocycles. The Hall–Kier alpha value is -4.28. The van der Waals surface area contributed by atoms with Crippen molar-refractivity contribution in [3.8, 4) is 17.2 Å². The average molecular weight is 559 g/mol. The van der Waals surface area contributed by atoms with Crippen LogP contribution < -0.4 is 19.5 Å². The fourth-order valence-corrected chi connectivity index (χ4v) is 6.26. The van der Waals surface area contributed by atoms with E-state index in [1.807, 2.05) is 35.0 Å². The van der Waals surface area contributed by atoms with Crippen molar-refractivity contribution in [1.29, 1.82) is 0 Å². The molecule has 0 radical (unpaired) electrons. The number of piperidine rings is 1. The van der Waals surface area contributed by atoms with E-state index in [1.165, 1.54) is 6.42 Å². The largest absolute Gasteiger partial charge is 0.496 e. The Labute approximate surface area is 237 Å². The summed E-state index contributed by atoms with van der Waals surface area (Å²) >= 11 is 0. The zero-order valence-electron chi connectivity index (χ0n) is 23.5. The van der Waals surface area contributed by atoms with Crippen LogP contribution in [0.3, 0.4) is 0 Å². The van der Waals surface area contributed by atoms with E-state index in [0.717, 1.165) is 37.0 Å². The van der Waals surface area contributed by atoms with E-state index < -0.39 is 17.9 Å². The van der Waals surface area contributed by atoms with Crippen molar-refractivity contribution in [2.45, 2.75) is 31.9 Å². The Morgan fingerprint density at radius 2 is 1.59 bits per heavy atom. The van der Waals surface area contributed by atoms with Gasteiger partial charge in [0.05, 0.1) is 49.5 Å². The van der Waals surface area contributed by atoms with Gasteiger partial charge in [0.1, 0.15) is 5.75 Å². The number of carbonyl (C=O) groups excluding carboxylic acids is 2. The van der Waals surface area contributed by atoms with E-state index >= 15 is 0 Å². The highest BCUT2D eigenvalue weighted by atomic mass is 16.5. The van der Waals surface area contributed by atoms with E-state index in [0.29, 0.717) is 52.2 Å². The van der Waals surface area contributed by atoms with E-state index in [4.69, 9.17) is 14.2 Å². The lowest BCUT2D eigenvalue weighted by Gasteiger charge is -2.28. The van der Waals surface area contributed by atoms with Crippen molar-refractivity contribution in [1.82, 2.24) is 19.8 Å². The van der Waals surface area contributed by atoms with E-state index in [2.05, 4.69) is 15.2 Å². The molecule has 41 heavy (non-hydrogen) atoms. The predicted octanol–water partition coefficient (Wildman–Crippen LogP) is 3.56. The van der Waals surface area contributed by atoms with E-state index in [-0.39, 0.29) is 11.1 Å². The van der Waals surface area contributed by atoms with Gasteiger partial charge >= 0.3 is 0 Å². The number of methoxy groups -OCH3 is 3. The van der Waals surface area contributed by atoms with Gasteiger partial charge in [-0.2, -0.15) is 0 Å². The molecule has 1 unspecified atom stereocenters. The molecule has 2 aliphatic rings. The molecule has 0 saturated carbocycles. The van der Waals surface area contributed by atoms with E-state index in [9.17, 15) is 14.7 Å². The van der Waals surface area contributed by atoms with Crippen LogP contribution in [0.15, 0.2) is 42.7 Å². The highest BCUT2D eigenvalue weighted by Crippen LogP contribution is 2.45. The molecule has 0 spiro atoms. The Kier molecular flexibility index (Phi) is 7.19. The summed E-state index contributed by atoms with van der Waals surface area (Å²) in [5.74, 6) is 0.519. The van der Waals surface area contributed by atoms with Gasteiger partial charge < -0.3 is 33.8 Å². The first kappa shape index (κ1) is 26.9. The normalized spacial score (nSPS) is 17.0. The Balaban J connectivity index is 1.55. The maximum absolute atomic E-state index is 13.5. The molecule has 214 valence electrons. The number of hydrogen-bond acceptors (Lipinski definition) is 7. The molecule has 2 aliphatic heterocycles. The van der Waals surface area contributed by atoms with Crippen molar-refractivity contribution in [2.75, 3.05) is 41.0 Å². The second-order valence-corrected chi connectivity index (χ2v) is 10.5. The van der Waals surface area contributed by atoms with Crippen molar-refractivity contribution in [2.24, 2.45) is 0 Å². The predicted molar refractivity (Wildman–Crippen MR) is 156 cm³/mol. The minimum absolute atomic E-state index is 0.225. The SMILES string of the molecule is COc1ccc2c(c(C3=C(c4c[nH]c5cccc(OC)c45)C(=O)NC3=O)cn2CC(O)CN2CCCCC2)c1OC. The summed E-state index contributed by atoms with van der Waals surface area (Å²) in [6.07, 6.45) is 6.42. The van der Waals surface area contributed by atoms with Crippen LogP contribution in [0.4, 0.5) is 0 Å². The molecule has 0 aliphatic carbocycles. The lowest BCUT2D eigenvalue weighted by Crippen LogP contribution is -2.37. The van der Waals surface area contributed by atoms with Gasteiger partial charge in [0.2, 0.25) is 0 Å². The van der Waals surface area contributed by atoms with Gasteiger partial charge in [0.25, 0.3) is 11.8 Å². The third-order valence-electron chi connectivity index (χ3n) is 8.07. The molecule has 2 aromatic carbocycles. The molecule has 3 N–H and O–H groups in total. The standard InChI is InChI=1S/C31H34N4O6/c1-39-23-9-7-8-21-25(23)19(14-32-21)27-28(31(38)33-30(27)37)20-17-35(16-18(36)15-34-12-5-4-6-13-34)22-10-11-24(40-2)29(41-3)26(20)22/h7-11,14,17-18,32,36H,4-6,12-13,15-16H2,1-3H3,(H,33,37,38). The third-order valence-corrected chi connectivity index (χ3v) is 8.07. The molecule has 1 atom stereocenters. The first-order chi connectivity index (χ1) is 19.9. The van der Waals surface area contributed by atoms with Gasteiger partial charge in [-0.3, -0.25) is 14.9 Å². The van der Waals surface area contributed by atoms with Crippen LogP contribution in [0.25, 0.3) is 33.0 Å². The summed E-state index contributed by atoms with van der Waals surface area (Å²) in [5, 5.41) is 14.9. The quantitative estimate of drug-likeness (QED) is 0.269. The Morgan fingerprint density at radius 1 is 0.854 bits per heavy atom.